The van der Waals surface area contributed by atoms with E-state index in [0.717, 1.165) is 12.8 Å². The summed E-state index contributed by atoms with van der Waals surface area (Å²) >= 11 is 0. The van der Waals surface area contributed by atoms with E-state index in [9.17, 15) is 4.79 Å². The molecule has 1 rings (SSSR count). The van der Waals surface area contributed by atoms with Crippen LogP contribution in [0.25, 0.3) is 0 Å². The lowest BCUT2D eigenvalue weighted by molar-refractivity contribution is -0.124. The Hall–Kier alpha value is -0.570. The van der Waals surface area contributed by atoms with E-state index in [1.54, 1.807) is 0 Å². The molecule has 1 aliphatic carbocycles. The van der Waals surface area contributed by atoms with Crippen molar-refractivity contribution < 1.29 is 4.79 Å². The smallest absolute Gasteiger partial charge is 0.237 e. The standard InChI is InChI=1S/C14H28N2O/c1-4-10(2)13(15)14(17)16-12-9-7-5-6-8-11(12)3/h10-13H,4-9,15H2,1-3H3,(H,16,17). The van der Waals surface area contributed by atoms with Crippen molar-refractivity contribution in [2.75, 3.05) is 0 Å². The van der Waals surface area contributed by atoms with Gasteiger partial charge < -0.3 is 11.1 Å². The lowest BCUT2D eigenvalue weighted by Gasteiger charge is -2.26. The fourth-order valence-corrected chi connectivity index (χ4v) is 2.50. The lowest BCUT2D eigenvalue weighted by atomic mass is 9.95. The van der Waals surface area contributed by atoms with Crippen molar-refractivity contribution in [3.63, 3.8) is 0 Å². The highest BCUT2D eigenvalue weighted by atomic mass is 16.2. The molecule has 0 aromatic heterocycles. The SMILES string of the molecule is CCC(C)C(N)C(=O)NC1CCCCCC1C. The molecule has 3 heteroatoms. The quantitative estimate of drug-likeness (QED) is 0.742. The van der Waals surface area contributed by atoms with Gasteiger partial charge in [0.1, 0.15) is 0 Å². The van der Waals surface area contributed by atoms with Crippen LogP contribution >= 0.6 is 0 Å². The number of carbonyl (C=O) groups is 1. The average Bonchev–Trinajstić information content (AvgIpc) is 2.53. The van der Waals surface area contributed by atoms with Gasteiger partial charge in [0.25, 0.3) is 0 Å². The second kappa shape index (κ2) is 7.00. The minimum Gasteiger partial charge on any atom is -0.352 e. The van der Waals surface area contributed by atoms with Crippen LogP contribution in [0.4, 0.5) is 0 Å². The fraction of sp³-hybridized carbons (Fsp3) is 0.929. The molecule has 0 saturated heterocycles. The molecule has 0 spiro atoms. The molecule has 1 saturated carbocycles. The number of hydrogen-bond donors (Lipinski definition) is 2. The summed E-state index contributed by atoms with van der Waals surface area (Å²) in [6.07, 6.45) is 7.12. The Bertz CT molecular complexity index is 242. The first kappa shape index (κ1) is 14.5. The lowest BCUT2D eigenvalue weighted by Crippen LogP contribution is -2.49. The largest absolute Gasteiger partial charge is 0.352 e. The molecule has 3 nitrogen and oxygen atoms in total. The minimum atomic E-state index is -0.351. The first-order valence-corrected chi connectivity index (χ1v) is 7.12. The zero-order valence-corrected chi connectivity index (χ0v) is 11.5. The third kappa shape index (κ3) is 4.30. The first-order valence-electron chi connectivity index (χ1n) is 7.12. The Morgan fingerprint density at radius 3 is 2.65 bits per heavy atom. The second-order valence-corrected chi connectivity index (χ2v) is 5.64. The summed E-state index contributed by atoms with van der Waals surface area (Å²) in [6, 6.07) is -0.0180. The van der Waals surface area contributed by atoms with Gasteiger partial charge in [-0.1, -0.05) is 46.5 Å². The Kier molecular flexibility index (Phi) is 5.96. The molecule has 1 fully saturated rings. The highest BCUT2D eigenvalue weighted by molar-refractivity contribution is 5.82. The third-order valence-electron chi connectivity index (χ3n) is 4.25. The number of amides is 1. The predicted molar refractivity (Wildman–Crippen MR) is 71.6 cm³/mol. The maximum atomic E-state index is 12.0. The van der Waals surface area contributed by atoms with Gasteiger partial charge in [-0.05, 0) is 24.7 Å². The molecular weight excluding hydrogens is 212 g/mol. The molecule has 100 valence electrons. The summed E-state index contributed by atoms with van der Waals surface area (Å²) in [5.41, 5.74) is 5.96. The van der Waals surface area contributed by atoms with Gasteiger partial charge in [-0.3, -0.25) is 4.79 Å². The van der Waals surface area contributed by atoms with Gasteiger partial charge in [-0.15, -0.1) is 0 Å². The van der Waals surface area contributed by atoms with E-state index in [0.29, 0.717) is 12.0 Å². The Balaban J connectivity index is 2.48. The zero-order valence-electron chi connectivity index (χ0n) is 11.5. The molecule has 4 unspecified atom stereocenters. The average molecular weight is 240 g/mol. The molecule has 0 aliphatic heterocycles. The van der Waals surface area contributed by atoms with Crippen LogP contribution in [0.15, 0.2) is 0 Å². The maximum absolute atomic E-state index is 12.0. The molecule has 3 N–H and O–H groups in total. The molecule has 0 aromatic rings. The summed E-state index contributed by atoms with van der Waals surface area (Å²) in [5.74, 6) is 0.889. The van der Waals surface area contributed by atoms with E-state index in [-0.39, 0.29) is 17.9 Å². The normalized spacial score (nSPS) is 29.2. The summed E-state index contributed by atoms with van der Waals surface area (Å²) in [7, 11) is 0. The monoisotopic (exact) mass is 240 g/mol. The number of nitrogens with one attached hydrogen (secondary N) is 1. The number of nitrogens with two attached hydrogens (primary N) is 1. The van der Waals surface area contributed by atoms with Crippen LogP contribution in [0.1, 0.15) is 59.3 Å². The molecule has 1 amide bonds. The number of carbonyl (C=O) groups excluding carboxylic acids is 1. The van der Waals surface area contributed by atoms with Crippen LogP contribution < -0.4 is 11.1 Å². The minimum absolute atomic E-state index is 0.0399. The fourth-order valence-electron chi connectivity index (χ4n) is 2.50. The predicted octanol–water partition coefficient (Wildman–Crippen LogP) is 2.44. The van der Waals surface area contributed by atoms with Crippen molar-refractivity contribution in [2.24, 2.45) is 17.6 Å². The summed E-state index contributed by atoms with van der Waals surface area (Å²) < 4.78 is 0. The van der Waals surface area contributed by atoms with E-state index in [1.165, 1.54) is 25.7 Å². The number of hydrogen-bond acceptors (Lipinski definition) is 2. The van der Waals surface area contributed by atoms with Gasteiger partial charge in [0.15, 0.2) is 0 Å². The van der Waals surface area contributed by atoms with Gasteiger partial charge in [-0.25, -0.2) is 0 Å². The molecule has 0 heterocycles. The van der Waals surface area contributed by atoms with Crippen LogP contribution in [0.3, 0.4) is 0 Å². The van der Waals surface area contributed by atoms with Crippen LogP contribution in [-0.2, 0) is 4.79 Å². The van der Waals surface area contributed by atoms with Crippen molar-refractivity contribution >= 4 is 5.91 Å². The van der Waals surface area contributed by atoms with Gasteiger partial charge in [-0.2, -0.15) is 0 Å². The topological polar surface area (TPSA) is 55.1 Å². The molecule has 0 aromatic carbocycles. The van der Waals surface area contributed by atoms with Crippen LogP contribution in [0, 0.1) is 11.8 Å². The summed E-state index contributed by atoms with van der Waals surface area (Å²) in [4.78, 5) is 12.0. The van der Waals surface area contributed by atoms with Gasteiger partial charge in [0.05, 0.1) is 6.04 Å². The highest BCUT2D eigenvalue weighted by Gasteiger charge is 2.25. The maximum Gasteiger partial charge on any atom is 0.237 e. The Labute approximate surface area is 106 Å². The van der Waals surface area contributed by atoms with Crippen molar-refractivity contribution in [3.8, 4) is 0 Å². The van der Waals surface area contributed by atoms with Crippen LogP contribution in [-0.4, -0.2) is 18.0 Å². The zero-order chi connectivity index (χ0) is 12.8. The van der Waals surface area contributed by atoms with E-state index in [1.807, 2.05) is 6.92 Å². The van der Waals surface area contributed by atoms with Crippen molar-refractivity contribution in [2.45, 2.75) is 71.4 Å². The molecule has 4 atom stereocenters. The van der Waals surface area contributed by atoms with Gasteiger partial charge in [0, 0.05) is 6.04 Å². The molecule has 1 aliphatic rings. The second-order valence-electron chi connectivity index (χ2n) is 5.64. The third-order valence-corrected chi connectivity index (χ3v) is 4.25. The van der Waals surface area contributed by atoms with Crippen LogP contribution in [0.2, 0.25) is 0 Å². The van der Waals surface area contributed by atoms with Gasteiger partial charge in [0.2, 0.25) is 5.91 Å². The van der Waals surface area contributed by atoms with E-state index in [2.05, 4.69) is 19.2 Å². The van der Waals surface area contributed by atoms with Gasteiger partial charge >= 0.3 is 0 Å². The first-order chi connectivity index (χ1) is 8.06. The summed E-state index contributed by atoms with van der Waals surface area (Å²) in [5, 5.41) is 3.16. The van der Waals surface area contributed by atoms with E-state index in [4.69, 9.17) is 5.73 Å². The molecule has 0 radical (unpaired) electrons. The Morgan fingerprint density at radius 1 is 1.35 bits per heavy atom. The van der Waals surface area contributed by atoms with E-state index >= 15 is 0 Å². The molecule has 0 bridgehead atoms. The Morgan fingerprint density at radius 2 is 2.00 bits per heavy atom. The van der Waals surface area contributed by atoms with Crippen molar-refractivity contribution in [3.05, 3.63) is 0 Å². The summed E-state index contributed by atoms with van der Waals surface area (Å²) in [6.45, 7) is 6.36. The van der Waals surface area contributed by atoms with Crippen LogP contribution in [0.5, 0.6) is 0 Å². The molecular formula is C14H28N2O. The molecule has 17 heavy (non-hydrogen) atoms. The van der Waals surface area contributed by atoms with Crippen molar-refractivity contribution in [1.82, 2.24) is 5.32 Å². The van der Waals surface area contributed by atoms with E-state index < -0.39 is 0 Å². The number of rotatable bonds is 4. The van der Waals surface area contributed by atoms with Crippen molar-refractivity contribution in [1.29, 1.82) is 0 Å². The highest BCUT2D eigenvalue weighted by Crippen LogP contribution is 2.23.